The van der Waals surface area contributed by atoms with E-state index in [0.717, 1.165) is 22.4 Å². The molecule has 4 heterocycles. The van der Waals surface area contributed by atoms with Gasteiger partial charge in [-0.15, -0.1) is 5.10 Å². The van der Waals surface area contributed by atoms with Gasteiger partial charge in [-0.2, -0.15) is 0 Å². The predicted molar refractivity (Wildman–Crippen MR) is 111 cm³/mol. The molecule has 6 rings (SSSR count). The lowest BCUT2D eigenvalue weighted by atomic mass is 9.84. The molecule has 2 aromatic carbocycles. The van der Waals surface area contributed by atoms with Crippen LogP contribution in [-0.2, 0) is 0 Å². The van der Waals surface area contributed by atoms with Crippen molar-refractivity contribution in [3.05, 3.63) is 83.9 Å². The number of aromatic hydroxyl groups is 1. The molecule has 0 saturated carbocycles. The lowest BCUT2D eigenvalue weighted by molar-refractivity contribution is 0.414. The van der Waals surface area contributed by atoms with Crippen molar-refractivity contribution >= 4 is 5.65 Å². The van der Waals surface area contributed by atoms with Crippen molar-refractivity contribution < 1.29 is 19.0 Å². The summed E-state index contributed by atoms with van der Waals surface area (Å²) in [4.78, 5) is 9.21. The average molecular weight is 412 g/mol. The molecule has 0 fully saturated rings. The number of phenols is 1. The van der Waals surface area contributed by atoms with Crippen molar-refractivity contribution in [2.24, 2.45) is 0 Å². The van der Waals surface area contributed by atoms with E-state index in [0.29, 0.717) is 28.9 Å². The fourth-order valence-electron chi connectivity index (χ4n) is 3.96. The minimum absolute atomic E-state index is 0.124. The Morgan fingerprint density at radius 1 is 1.10 bits per heavy atom. The largest absolute Gasteiger partial charge is 0.508 e. The molecule has 0 unspecified atom stereocenters. The topological polar surface area (TPSA) is 94.9 Å². The molecule has 1 N–H and O–H groups in total. The van der Waals surface area contributed by atoms with Gasteiger partial charge in [0.05, 0.1) is 18.9 Å². The quantitative estimate of drug-likeness (QED) is 0.461. The van der Waals surface area contributed by atoms with Crippen LogP contribution in [0.5, 0.6) is 23.1 Å². The number of methoxy groups -OCH3 is 1. The number of phenolic OH excluding ortho intramolecular Hbond substituents is 1. The van der Waals surface area contributed by atoms with Crippen LogP contribution >= 0.6 is 0 Å². The Bertz CT molecular complexity index is 1410. The summed E-state index contributed by atoms with van der Waals surface area (Å²) in [7, 11) is 1.64. The smallest absolute Gasteiger partial charge is 0.228 e. The highest BCUT2D eigenvalue weighted by molar-refractivity contribution is 5.68. The summed E-state index contributed by atoms with van der Waals surface area (Å²) in [6.07, 6.45) is 3.15. The van der Waals surface area contributed by atoms with E-state index in [-0.39, 0.29) is 11.7 Å². The fraction of sp³-hybridized carbons (Fsp3) is 0.0870. The van der Waals surface area contributed by atoms with Gasteiger partial charge in [0.2, 0.25) is 11.7 Å². The summed E-state index contributed by atoms with van der Waals surface area (Å²) >= 11 is 0. The molecule has 1 atom stereocenters. The van der Waals surface area contributed by atoms with E-state index in [9.17, 15) is 5.11 Å². The van der Waals surface area contributed by atoms with E-state index >= 15 is 0 Å². The minimum Gasteiger partial charge on any atom is -0.508 e. The number of furan rings is 1. The van der Waals surface area contributed by atoms with Crippen LogP contribution in [0.25, 0.3) is 17.2 Å². The zero-order chi connectivity index (χ0) is 20.9. The second-order valence-corrected chi connectivity index (χ2v) is 7.17. The molecule has 1 aliphatic rings. The van der Waals surface area contributed by atoms with E-state index in [1.165, 1.54) is 0 Å². The van der Waals surface area contributed by atoms with Gasteiger partial charge in [-0.25, -0.2) is 14.5 Å². The number of rotatable bonds is 3. The van der Waals surface area contributed by atoms with Crippen molar-refractivity contribution in [1.29, 1.82) is 0 Å². The molecular formula is C23H16N4O4. The first-order chi connectivity index (χ1) is 15.2. The molecule has 0 saturated heterocycles. The summed E-state index contributed by atoms with van der Waals surface area (Å²) in [5.41, 5.74) is 3.31. The molecule has 0 spiro atoms. The van der Waals surface area contributed by atoms with E-state index in [1.807, 2.05) is 36.4 Å². The van der Waals surface area contributed by atoms with Crippen LogP contribution in [0.4, 0.5) is 0 Å². The van der Waals surface area contributed by atoms with Crippen LogP contribution in [0.3, 0.4) is 0 Å². The van der Waals surface area contributed by atoms with E-state index in [4.69, 9.17) is 18.9 Å². The van der Waals surface area contributed by atoms with Crippen molar-refractivity contribution in [1.82, 2.24) is 19.6 Å². The van der Waals surface area contributed by atoms with Crippen LogP contribution in [-0.4, -0.2) is 31.8 Å². The standard InChI is InChI=1S/C23H16N4O4/c1-29-15-7-4-13(5-8-15)19-16-9-6-14(28)11-18(16)31-23-20(19)22-25-21(17-3-2-10-30-17)26-27(22)12-24-23/h2-12,19,28H,1H3/t19-/m1/s1. The Labute approximate surface area is 176 Å². The minimum atomic E-state index is -0.227. The van der Waals surface area contributed by atoms with Crippen LogP contribution in [0.1, 0.15) is 22.6 Å². The maximum atomic E-state index is 9.99. The predicted octanol–water partition coefficient (Wildman–Crippen LogP) is 4.38. The van der Waals surface area contributed by atoms with Gasteiger partial charge < -0.3 is 19.0 Å². The lowest BCUT2D eigenvalue weighted by Gasteiger charge is -2.27. The second kappa shape index (κ2) is 6.60. The third-order valence-electron chi connectivity index (χ3n) is 5.38. The third-order valence-corrected chi connectivity index (χ3v) is 5.38. The number of fused-ring (bicyclic) bond motifs is 4. The maximum Gasteiger partial charge on any atom is 0.228 e. The number of hydrogen-bond donors (Lipinski definition) is 1. The molecule has 152 valence electrons. The van der Waals surface area contributed by atoms with Crippen molar-refractivity contribution in [3.63, 3.8) is 0 Å². The van der Waals surface area contributed by atoms with Gasteiger partial charge in [-0.1, -0.05) is 18.2 Å². The molecule has 5 aromatic rings. The molecule has 8 heteroatoms. The van der Waals surface area contributed by atoms with E-state index in [2.05, 4.69) is 10.1 Å². The molecular weight excluding hydrogens is 396 g/mol. The van der Waals surface area contributed by atoms with Gasteiger partial charge in [0.1, 0.15) is 23.6 Å². The van der Waals surface area contributed by atoms with Crippen LogP contribution in [0.2, 0.25) is 0 Å². The SMILES string of the molecule is COc1ccc([C@@H]2c3ccc(O)cc3Oc3ncn4nc(-c5ccco5)nc4c32)cc1. The number of nitrogens with zero attached hydrogens (tertiary/aromatic N) is 4. The maximum absolute atomic E-state index is 9.99. The number of ether oxygens (including phenoxy) is 2. The lowest BCUT2D eigenvalue weighted by Crippen LogP contribution is -2.15. The zero-order valence-electron chi connectivity index (χ0n) is 16.4. The fourth-order valence-corrected chi connectivity index (χ4v) is 3.96. The highest BCUT2D eigenvalue weighted by Gasteiger charge is 2.33. The van der Waals surface area contributed by atoms with Crippen molar-refractivity contribution in [3.8, 4) is 34.7 Å². The van der Waals surface area contributed by atoms with Crippen LogP contribution in [0, 0.1) is 0 Å². The summed E-state index contributed by atoms with van der Waals surface area (Å²) in [5, 5.41) is 14.5. The Morgan fingerprint density at radius 2 is 1.97 bits per heavy atom. The number of aromatic nitrogens is 4. The summed E-state index contributed by atoms with van der Waals surface area (Å²) in [6, 6.07) is 16.5. The average Bonchev–Trinajstić information content (AvgIpc) is 3.47. The molecule has 0 amide bonds. The first-order valence-corrected chi connectivity index (χ1v) is 9.65. The summed E-state index contributed by atoms with van der Waals surface area (Å²) < 4.78 is 18.5. The van der Waals surface area contributed by atoms with Gasteiger partial charge >= 0.3 is 0 Å². The monoisotopic (exact) mass is 412 g/mol. The Hall–Kier alpha value is -4.33. The van der Waals surface area contributed by atoms with Crippen molar-refractivity contribution in [2.75, 3.05) is 7.11 Å². The van der Waals surface area contributed by atoms with E-state index < -0.39 is 0 Å². The number of hydrogen-bond acceptors (Lipinski definition) is 7. The summed E-state index contributed by atoms with van der Waals surface area (Å²) in [5.74, 6) is 2.67. The first-order valence-electron chi connectivity index (χ1n) is 9.65. The normalized spacial score (nSPS) is 14.7. The molecule has 3 aromatic heterocycles. The van der Waals surface area contributed by atoms with Crippen molar-refractivity contribution in [2.45, 2.75) is 5.92 Å². The van der Waals surface area contributed by atoms with Gasteiger partial charge in [0.25, 0.3) is 0 Å². The van der Waals surface area contributed by atoms with Gasteiger partial charge in [-0.3, -0.25) is 0 Å². The Balaban J connectivity index is 1.61. The van der Waals surface area contributed by atoms with Crippen LogP contribution in [0.15, 0.2) is 71.6 Å². The summed E-state index contributed by atoms with van der Waals surface area (Å²) in [6.45, 7) is 0. The molecule has 1 aliphatic heterocycles. The Kier molecular flexibility index (Phi) is 3.73. The molecule has 8 nitrogen and oxygen atoms in total. The highest BCUT2D eigenvalue weighted by Crippen LogP contribution is 2.48. The molecule has 31 heavy (non-hydrogen) atoms. The van der Waals surface area contributed by atoms with Gasteiger partial charge in [0, 0.05) is 17.5 Å². The van der Waals surface area contributed by atoms with Gasteiger partial charge in [0.15, 0.2) is 11.4 Å². The molecule has 0 radical (unpaired) electrons. The zero-order valence-corrected chi connectivity index (χ0v) is 16.4. The first kappa shape index (κ1) is 17.5. The van der Waals surface area contributed by atoms with E-state index in [1.54, 1.807) is 42.4 Å². The molecule has 0 bridgehead atoms. The van der Waals surface area contributed by atoms with Crippen LogP contribution < -0.4 is 9.47 Å². The highest BCUT2D eigenvalue weighted by atomic mass is 16.5. The van der Waals surface area contributed by atoms with Gasteiger partial charge in [-0.05, 0) is 35.9 Å². The Morgan fingerprint density at radius 3 is 2.74 bits per heavy atom. The third kappa shape index (κ3) is 2.72. The number of benzene rings is 2. The second-order valence-electron chi connectivity index (χ2n) is 7.17. The molecule has 0 aliphatic carbocycles.